The van der Waals surface area contributed by atoms with Crippen LogP contribution in [0, 0.1) is 6.92 Å². The molecule has 1 amide bonds. The molecule has 1 heterocycles. The highest BCUT2D eigenvalue weighted by molar-refractivity contribution is 5.95. The third-order valence-electron chi connectivity index (χ3n) is 3.14. The fourth-order valence-corrected chi connectivity index (χ4v) is 2.10. The Labute approximate surface area is 144 Å². The van der Waals surface area contributed by atoms with E-state index in [4.69, 9.17) is 4.74 Å². The minimum Gasteiger partial charge on any atom is -0.443 e. The Balaban J connectivity index is 2.54. The summed E-state index contributed by atoms with van der Waals surface area (Å²) in [5, 5.41) is 0. The molecule has 0 aliphatic heterocycles. The lowest BCUT2D eigenvalue weighted by Gasteiger charge is -2.27. The van der Waals surface area contributed by atoms with E-state index in [1.807, 2.05) is 0 Å². The van der Waals surface area contributed by atoms with Crippen molar-refractivity contribution in [2.24, 2.45) is 0 Å². The molecular weight excluding hydrogens is 333 g/mol. The van der Waals surface area contributed by atoms with Gasteiger partial charge in [-0.1, -0.05) is 6.07 Å². The van der Waals surface area contributed by atoms with Gasteiger partial charge in [-0.05, 0) is 63.6 Å². The molecule has 1 aromatic heterocycles. The molecule has 0 spiro atoms. The number of hydrogen-bond donors (Lipinski definition) is 0. The Morgan fingerprint density at radius 3 is 2.36 bits per heavy atom. The van der Waals surface area contributed by atoms with Gasteiger partial charge in [0.15, 0.2) is 0 Å². The van der Waals surface area contributed by atoms with E-state index in [-0.39, 0.29) is 11.5 Å². The van der Waals surface area contributed by atoms with Crippen LogP contribution in [-0.2, 0) is 10.9 Å². The van der Waals surface area contributed by atoms with Crippen LogP contribution in [0.25, 0.3) is 0 Å². The van der Waals surface area contributed by atoms with Crippen LogP contribution in [-0.4, -0.2) is 16.7 Å². The van der Waals surface area contributed by atoms with E-state index in [1.54, 1.807) is 39.8 Å². The predicted octanol–water partition coefficient (Wildman–Crippen LogP) is 5.48. The lowest BCUT2D eigenvalue weighted by atomic mass is 10.1. The molecule has 0 radical (unpaired) electrons. The van der Waals surface area contributed by atoms with E-state index in [0.717, 1.165) is 22.6 Å². The van der Waals surface area contributed by atoms with Gasteiger partial charge in [-0.25, -0.2) is 14.7 Å². The van der Waals surface area contributed by atoms with Gasteiger partial charge in [-0.3, -0.25) is 0 Å². The second-order valence-electron chi connectivity index (χ2n) is 6.56. The summed E-state index contributed by atoms with van der Waals surface area (Å²) in [5.41, 5.74) is -0.820. The van der Waals surface area contributed by atoms with E-state index in [0.29, 0.717) is 0 Å². The number of ether oxygens (including phenoxy) is 1. The van der Waals surface area contributed by atoms with Gasteiger partial charge in [0.2, 0.25) is 0 Å². The number of hydrogen-bond acceptors (Lipinski definition) is 3. The van der Waals surface area contributed by atoms with Crippen molar-refractivity contribution in [1.82, 2.24) is 4.98 Å². The number of carbonyl (C=O) groups is 1. The van der Waals surface area contributed by atoms with Crippen molar-refractivity contribution < 1.29 is 22.7 Å². The zero-order chi connectivity index (χ0) is 18.8. The maximum Gasteiger partial charge on any atom is 0.420 e. The molecule has 0 saturated heterocycles. The molecule has 1 aromatic carbocycles. The van der Waals surface area contributed by atoms with Crippen molar-refractivity contribution in [1.29, 1.82) is 0 Å². The normalized spacial score (nSPS) is 12.0. The molecule has 0 atom stereocenters. The molecule has 4 nitrogen and oxygen atoms in total. The molecular formula is C18H19F3N2O2. The number of alkyl halides is 3. The van der Waals surface area contributed by atoms with Crippen LogP contribution < -0.4 is 4.90 Å². The van der Waals surface area contributed by atoms with Gasteiger partial charge in [-0.2, -0.15) is 13.2 Å². The summed E-state index contributed by atoms with van der Waals surface area (Å²) < 4.78 is 44.4. The number of halogens is 3. The Kier molecular flexibility index (Phi) is 5.06. The monoisotopic (exact) mass is 352 g/mol. The lowest BCUT2D eigenvalue weighted by molar-refractivity contribution is -0.137. The summed E-state index contributed by atoms with van der Waals surface area (Å²) in [6, 6.07) is 7.82. The molecule has 2 rings (SSSR count). The highest BCUT2D eigenvalue weighted by Crippen LogP contribution is 2.34. The third kappa shape index (κ3) is 4.95. The Morgan fingerprint density at radius 1 is 1.12 bits per heavy atom. The summed E-state index contributed by atoms with van der Waals surface area (Å²) in [7, 11) is 0. The first kappa shape index (κ1) is 18.8. The number of pyridine rings is 1. The van der Waals surface area contributed by atoms with Crippen LogP contribution in [0.4, 0.5) is 29.5 Å². The zero-order valence-corrected chi connectivity index (χ0v) is 14.4. The van der Waals surface area contributed by atoms with Gasteiger partial charge < -0.3 is 4.74 Å². The second-order valence-corrected chi connectivity index (χ2v) is 6.56. The first-order valence-corrected chi connectivity index (χ1v) is 7.60. The van der Waals surface area contributed by atoms with Crippen molar-refractivity contribution in [2.75, 3.05) is 4.90 Å². The van der Waals surface area contributed by atoms with Crippen LogP contribution in [0.5, 0.6) is 0 Å². The number of nitrogens with zero attached hydrogens (tertiary/aromatic N) is 2. The summed E-state index contributed by atoms with van der Waals surface area (Å²) in [6.45, 7) is 6.83. The van der Waals surface area contributed by atoms with Crippen LogP contribution >= 0.6 is 0 Å². The number of carbonyl (C=O) groups excluding carboxylic acids is 1. The Bertz CT molecular complexity index is 767. The molecule has 0 fully saturated rings. The van der Waals surface area contributed by atoms with Gasteiger partial charge in [0.05, 0.1) is 11.3 Å². The molecule has 0 saturated carbocycles. The summed E-state index contributed by atoms with van der Waals surface area (Å²) in [4.78, 5) is 17.8. The van der Waals surface area contributed by atoms with Crippen molar-refractivity contribution in [2.45, 2.75) is 39.5 Å². The van der Waals surface area contributed by atoms with E-state index >= 15 is 0 Å². The quantitative estimate of drug-likeness (QED) is 0.718. The van der Waals surface area contributed by atoms with Gasteiger partial charge in [0, 0.05) is 6.20 Å². The Morgan fingerprint density at radius 2 is 1.80 bits per heavy atom. The average molecular weight is 352 g/mol. The molecule has 0 N–H and O–H groups in total. The van der Waals surface area contributed by atoms with Crippen LogP contribution in [0.15, 0.2) is 42.6 Å². The molecule has 25 heavy (non-hydrogen) atoms. The van der Waals surface area contributed by atoms with Crippen LogP contribution in [0.3, 0.4) is 0 Å². The largest absolute Gasteiger partial charge is 0.443 e. The lowest BCUT2D eigenvalue weighted by Crippen LogP contribution is -2.34. The number of amides is 1. The molecule has 7 heteroatoms. The second kappa shape index (κ2) is 6.74. The maximum atomic E-state index is 13.0. The Hall–Kier alpha value is -2.57. The minimum absolute atomic E-state index is 0.0298. The SMILES string of the molecule is Cc1ccnc(N(C(=O)OC(C)(C)C)c2cccc(C(F)(F)F)c2)c1. The first-order chi connectivity index (χ1) is 11.5. The fourth-order valence-electron chi connectivity index (χ4n) is 2.10. The highest BCUT2D eigenvalue weighted by Gasteiger charge is 2.32. The first-order valence-electron chi connectivity index (χ1n) is 7.60. The van der Waals surface area contributed by atoms with E-state index in [2.05, 4.69) is 4.98 Å². The smallest absolute Gasteiger partial charge is 0.420 e. The third-order valence-corrected chi connectivity index (χ3v) is 3.14. The maximum absolute atomic E-state index is 13.0. The van der Waals surface area contributed by atoms with Gasteiger partial charge in [0.1, 0.15) is 11.4 Å². The number of anilines is 2. The van der Waals surface area contributed by atoms with Gasteiger partial charge in [-0.15, -0.1) is 0 Å². The topological polar surface area (TPSA) is 42.4 Å². The molecule has 0 aliphatic rings. The van der Waals surface area contributed by atoms with E-state index in [9.17, 15) is 18.0 Å². The van der Waals surface area contributed by atoms with Crippen LogP contribution in [0.2, 0.25) is 0 Å². The summed E-state index contributed by atoms with van der Waals surface area (Å²) in [5.74, 6) is 0.188. The van der Waals surface area contributed by atoms with Crippen LogP contribution in [0.1, 0.15) is 31.9 Å². The molecule has 0 bridgehead atoms. The fraction of sp³-hybridized carbons (Fsp3) is 0.333. The summed E-state index contributed by atoms with van der Waals surface area (Å²) >= 11 is 0. The van der Waals surface area contributed by atoms with Gasteiger partial charge >= 0.3 is 12.3 Å². The van der Waals surface area contributed by atoms with Crippen molar-refractivity contribution >= 4 is 17.6 Å². The number of rotatable bonds is 2. The summed E-state index contributed by atoms with van der Waals surface area (Å²) in [6.07, 6.45) is -3.84. The van der Waals surface area contributed by atoms with Crippen molar-refractivity contribution in [3.63, 3.8) is 0 Å². The van der Waals surface area contributed by atoms with E-state index in [1.165, 1.54) is 18.3 Å². The van der Waals surface area contributed by atoms with E-state index < -0.39 is 23.4 Å². The number of benzene rings is 1. The number of aryl methyl sites for hydroxylation is 1. The van der Waals surface area contributed by atoms with Crippen molar-refractivity contribution in [3.8, 4) is 0 Å². The minimum atomic E-state index is -4.52. The standard InChI is InChI=1S/C18H19F3N2O2/c1-12-8-9-22-15(10-12)23(16(24)25-17(2,3)4)14-7-5-6-13(11-14)18(19,20)21/h5-11H,1-4H3. The van der Waals surface area contributed by atoms with Crippen molar-refractivity contribution in [3.05, 3.63) is 53.7 Å². The predicted molar refractivity (Wildman–Crippen MR) is 88.8 cm³/mol. The molecule has 134 valence electrons. The molecule has 2 aromatic rings. The van der Waals surface area contributed by atoms with Gasteiger partial charge in [0.25, 0.3) is 0 Å². The average Bonchev–Trinajstić information content (AvgIpc) is 2.45. The molecule has 0 aliphatic carbocycles. The number of aromatic nitrogens is 1. The zero-order valence-electron chi connectivity index (χ0n) is 14.4. The highest BCUT2D eigenvalue weighted by atomic mass is 19.4. The molecule has 0 unspecified atom stereocenters.